The van der Waals surface area contributed by atoms with Gasteiger partial charge in [-0.15, -0.1) is 0 Å². The Balaban J connectivity index is 1.67. The van der Waals surface area contributed by atoms with Crippen LogP contribution in [0.3, 0.4) is 0 Å². The number of aliphatic hydroxyl groups excluding tert-OH is 1. The minimum atomic E-state index is -0.385. The van der Waals surface area contributed by atoms with Crippen LogP contribution in [-0.2, 0) is 0 Å². The number of hydrogen-bond donors (Lipinski definition) is 1. The lowest BCUT2D eigenvalue weighted by molar-refractivity contribution is -0.00776. The van der Waals surface area contributed by atoms with Crippen molar-refractivity contribution in [2.45, 2.75) is 12.0 Å². The van der Waals surface area contributed by atoms with Gasteiger partial charge in [-0.3, -0.25) is 9.69 Å². The number of hydrogen-bond acceptors (Lipinski definition) is 3. The molecule has 1 atom stereocenters. The van der Waals surface area contributed by atoms with Crippen molar-refractivity contribution in [3.05, 3.63) is 35.6 Å². The lowest BCUT2D eigenvalue weighted by atomic mass is 9.84. The number of amides is 1. The second-order valence-electron chi connectivity index (χ2n) is 6.03. The Bertz CT molecular complexity index is 528. The monoisotopic (exact) mass is 278 g/mol. The molecular formula is C15H19FN2O2. The van der Waals surface area contributed by atoms with Crippen molar-refractivity contribution in [3.63, 3.8) is 0 Å². The van der Waals surface area contributed by atoms with Crippen LogP contribution in [0.2, 0.25) is 0 Å². The molecule has 2 aliphatic heterocycles. The summed E-state index contributed by atoms with van der Waals surface area (Å²) < 4.78 is 13.2. The first-order chi connectivity index (χ1) is 9.54. The van der Waals surface area contributed by atoms with Gasteiger partial charge in [0.25, 0.3) is 5.91 Å². The van der Waals surface area contributed by atoms with Crippen LogP contribution in [0.25, 0.3) is 0 Å². The molecule has 2 heterocycles. The van der Waals surface area contributed by atoms with Gasteiger partial charge in [-0.05, 0) is 37.6 Å². The van der Waals surface area contributed by atoms with E-state index in [0.29, 0.717) is 24.6 Å². The van der Waals surface area contributed by atoms with Crippen LogP contribution in [0, 0.1) is 11.7 Å². The lowest BCUT2D eigenvalue weighted by Crippen LogP contribution is -2.68. The van der Waals surface area contributed by atoms with Gasteiger partial charge in [0.05, 0.1) is 5.54 Å². The van der Waals surface area contributed by atoms with E-state index in [1.165, 1.54) is 12.1 Å². The molecule has 2 aliphatic rings. The summed E-state index contributed by atoms with van der Waals surface area (Å²) in [5.41, 5.74) is 0.412. The first-order valence-corrected chi connectivity index (χ1v) is 6.91. The Hall–Kier alpha value is -1.46. The second-order valence-corrected chi connectivity index (χ2v) is 6.03. The molecule has 0 bridgehead atoms. The summed E-state index contributed by atoms with van der Waals surface area (Å²) in [6.07, 6.45) is 0.924. The molecule has 0 aliphatic carbocycles. The normalized spacial score (nSPS) is 24.9. The molecule has 1 unspecified atom stereocenters. The van der Waals surface area contributed by atoms with Crippen molar-refractivity contribution >= 4 is 5.91 Å². The quantitative estimate of drug-likeness (QED) is 0.876. The van der Waals surface area contributed by atoms with Gasteiger partial charge in [-0.25, -0.2) is 4.39 Å². The van der Waals surface area contributed by atoms with Gasteiger partial charge in [-0.1, -0.05) is 6.07 Å². The molecule has 3 rings (SSSR count). The summed E-state index contributed by atoms with van der Waals surface area (Å²) in [5, 5.41) is 9.27. The summed E-state index contributed by atoms with van der Waals surface area (Å²) in [7, 11) is 2.04. The number of benzene rings is 1. The van der Waals surface area contributed by atoms with E-state index in [0.717, 1.165) is 13.0 Å². The highest BCUT2D eigenvalue weighted by atomic mass is 19.1. The van der Waals surface area contributed by atoms with Crippen molar-refractivity contribution < 1.29 is 14.3 Å². The molecule has 2 fully saturated rings. The number of aliphatic hydroxyl groups is 1. The maximum atomic E-state index is 13.2. The number of nitrogens with zero attached hydrogens (tertiary/aromatic N) is 2. The Morgan fingerprint density at radius 2 is 2.25 bits per heavy atom. The fourth-order valence-electron chi connectivity index (χ4n) is 3.44. The van der Waals surface area contributed by atoms with E-state index >= 15 is 0 Å². The van der Waals surface area contributed by atoms with Crippen LogP contribution >= 0.6 is 0 Å². The second kappa shape index (κ2) is 4.82. The predicted octanol–water partition coefficient (Wildman–Crippen LogP) is 0.964. The van der Waals surface area contributed by atoms with E-state index in [-0.39, 0.29) is 23.9 Å². The van der Waals surface area contributed by atoms with E-state index in [9.17, 15) is 14.3 Å². The van der Waals surface area contributed by atoms with E-state index in [1.54, 1.807) is 17.0 Å². The molecule has 1 amide bonds. The van der Waals surface area contributed by atoms with Gasteiger partial charge >= 0.3 is 0 Å². The number of rotatable bonds is 2. The van der Waals surface area contributed by atoms with Crippen LogP contribution in [0.4, 0.5) is 4.39 Å². The molecule has 0 radical (unpaired) electrons. The minimum absolute atomic E-state index is 0.0103. The first-order valence-electron chi connectivity index (χ1n) is 6.91. The Morgan fingerprint density at radius 1 is 1.50 bits per heavy atom. The zero-order chi connectivity index (χ0) is 14.3. The van der Waals surface area contributed by atoms with Crippen molar-refractivity contribution in [2.75, 3.05) is 33.3 Å². The van der Waals surface area contributed by atoms with Gasteiger partial charge in [0.2, 0.25) is 0 Å². The summed E-state index contributed by atoms with van der Waals surface area (Å²) >= 11 is 0. The van der Waals surface area contributed by atoms with Crippen molar-refractivity contribution in [1.29, 1.82) is 0 Å². The Labute approximate surface area is 117 Å². The highest BCUT2D eigenvalue weighted by Crippen LogP contribution is 2.39. The number of carbonyl (C=O) groups excluding carboxylic acids is 1. The molecule has 5 heteroatoms. The Kier molecular flexibility index (Phi) is 3.26. The van der Waals surface area contributed by atoms with Gasteiger partial charge < -0.3 is 10.0 Å². The van der Waals surface area contributed by atoms with Gasteiger partial charge in [0.1, 0.15) is 5.82 Å². The third kappa shape index (κ3) is 2.11. The average Bonchev–Trinajstić information content (AvgIpc) is 2.73. The van der Waals surface area contributed by atoms with Crippen LogP contribution < -0.4 is 0 Å². The summed E-state index contributed by atoms with van der Waals surface area (Å²) in [5.74, 6) is -0.202. The van der Waals surface area contributed by atoms with Crippen LogP contribution in [0.5, 0.6) is 0 Å². The molecule has 108 valence electrons. The fraction of sp³-hybridized carbons (Fsp3) is 0.533. The van der Waals surface area contributed by atoms with E-state index < -0.39 is 0 Å². The minimum Gasteiger partial charge on any atom is -0.396 e. The zero-order valence-corrected chi connectivity index (χ0v) is 11.6. The topological polar surface area (TPSA) is 43.8 Å². The molecule has 0 aromatic heterocycles. The number of likely N-dealkylation sites (tertiary alicyclic amines) is 2. The summed E-state index contributed by atoms with van der Waals surface area (Å²) in [6.45, 7) is 2.40. The molecule has 1 aromatic carbocycles. The molecule has 1 N–H and O–H groups in total. The predicted molar refractivity (Wildman–Crippen MR) is 72.9 cm³/mol. The van der Waals surface area contributed by atoms with Crippen molar-refractivity contribution in [2.24, 2.45) is 5.92 Å². The molecule has 0 saturated carbocycles. The average molecular weight is 278 g/mol. The van der Waals surface area contributed by atoms with Crippen LogP contribution in [0.15, 0.2) is 24.3 Å². The Morgan fingerprint density at radius 3 is 2.85 bits per heavy atom. The van der Waals surface area contributed by atoms with Crippen molar-refractivity contribution in [1.82, 2.24) is 9.80 Å². The molecular weight excluding hydrogens is 259 g/mol. The lowest BCUT2D eigenvalue weighted by Gasteiger charge is -2.52. The van der Waals surface area contributed by atoms with Crippen LogP contribution in [0.1, 0.15) is 16.8 Å². The molecule has 4 nitrogen and oxygen atoms in total. The standard InChI is InChI=1S/C15H19FN2O2/c1-17-7-11(8-19)6-15(17)9-18(10-15)14(20)12-3-2-4-13(16)5-12/h2-5,11,19H,6-10H2,1H3. The van der Waals surface area contributed by atoms with Crippen molar-refractivity contribution in [3.8, 4) is 0 Å². The molecule has 1 spiro atoms. The van der Waals surface area contributed by atoms with Gasteiger partial charge in [0.15, 0.2) is 0 Å². The third-order valence-corrected chi connectivity index (χ3v) is 4.60. The van der Waals surface area contributed by atoms with E-state index in [2.05, 4.69) is 4.90 Å². The third-order valence-electron chi connectivity index (χ3n) is 4.60. The molecule has 20 heavy (non-hydrogen) atoms. The number of likely N-dealkylation sites (N-methyl/N-ethyl adjacent to an activating group) is 1. The summed E-state index contributed by atoms with van der Waals surface area (Å²) in [6, 6.07) is 5.82. The smallest absolute Gasteiger partial charge is 0.254 e. The van der Waals surface area contributed by atoms with E-state index in [1.807, 2.05) is 7.05 Å². The zero-order valence-electron chi connectivity index (χ0n) is 11.6. The summed E-state index contributed by atoms with van der Waals surface area (Å²) in [4.78, 5) is 16.3. The highest BCUT2D eigenvalue weighted by molar-refractivity contribution is 5.95. The number of halogens is 1. The maximum Gasteiger partial charge on any atom is 0.254 e. The van der Waals surface area contributed by atoms with Gasteiger partial charge in [-0.2, -0.15) is 0 Å². The highest BCUT2D eigenvalue weighted by Gasteiger charge is 2.52. The van der Waals surface area contributed by atoms with Gasteiger partial charge in [0, 0.05) is 31.8 Å². The van der Waals surface area contributed by atoms with Crippen LogP contribution in [-0.4, -0.2) is 59.6 Å². The maximum absolute atomic E-state index is 13.2. The number of carbonyl (C=O) groups is 1. The molecule has 2 saturated heterocycles. The largest absolute Gasteiger partial charge is 0.396 e. The first kappa shape index (κ1) is 13.5. The fourth-order valence-corrected chi connectivity index (χ4v) is 3.44. The SMILES string of the molecule is CN1CC(CO)CC12CN(C(=O)c1cccc(F)c1)C2. The molecule has 1 aromatic rings. The van der Waals surface area contributed by atoms with E-state index in [4.69, 9.17) is 0 Å².